The van der Waals surface area contributed by atoms with E-state index < -0.39 is 10.1 Å². The van der Waals surface area contributed by atoms with Crippen molar-refractivity contribution in [1.29, 1.82) is 0 Å². The van der Waals surface area contributed by atoms with E-state index >= 15 is 0 Å². The fourth-order valence-corrected chi connectivity index (χ4v) is 3.07. The number of amides is 1. The number of hydrogen-bond acceptors (Lipinski definition) is 6. The van der Waals surface area contributed by atoms with Crippen LogP contribution in [0.25, 0.3) is 0 Å². The Morgan fingerprint density at radius 1 is 1.00 bits per heavy atom. The lowest BCUT2D eigenvalue weighted by molar-refractivity contribution is -0.131. The van der Waals surface area contributed by atoms with Crippen LogP contribution in [-0.2, 0) is 32.6 Å². The number of methoxy groups -OCH3 is 2. The topological polar surface area (TPSA) is 82.1 Å². The van der Waals surface area contributed by atoms with Gasteiger partial charge in [0.1, 0.15) is 11.5 Å². The van der Waals surface area contributed by atoms with Crippen LogP contribution in [0.4, 0.5) is 0 Å². The highest BCUT2D eigenvalue weighted by Gasteiger charge is 2.15. The number of carbonyl (C=O) groups excluding carboxylic acids is 1. The third-order valence-corrected chi connectivity index (χ3v) is 4.45. The lowest BCUT2D eigenvalue weighted by Gasteiger charge is -2.23. The third kappa shape index (κ3) is 7.21. The van der Waals surface area contributed by atoms with Crippen molar-refractivity contribution in [1.82, 2.24) is 4.90 Å². The van der Waals surface area contributed by atoms with E-state index in [1.807, 2.05) is 30.3 Å². The van der Waals surface area contributed by atoms with Crippen LogP contribution < -0.4 is 8.92 Å². The van der Waals surface area contributed by atoms with Gasteiger partial charge in [0.15, 0.2) is 0 Å². The van der Waals surface area contributed by atoms with Gasteiger partial charge in [-0.15, -0.1) is 0 Å². The van der Waals surface area contributed by atoms with E-state index in [9.17, 15) is 13.2 Å². The van der Waals surface area contributed by atoms with Gasteiger partial charge in [0.05, 0.1) is 26.4 Å². The van der Waals surface area contributed by atoms with Gasteiger partial charge in [-0.1, -0.05) is 24.3 Å². The standard InChI is InChI=1S/C20H25NO6S/c1-25-12-11-21(20(22)14-16-7-9-18(26-2)10-8-16)15-17-5-4-6-19(13-17)27-28(3,23)24/h4-10,13H,11-12,14-15H2,1-3H3. The van der Waals surface area contributed by atoms with Crippen LogP contribution in [0.5, 0.6) is 11.5 Å². The maximum atomic E-state index is 12.8. The minimum Gasteiger partial charge on any atom is -0.497 e. The molecule has 1 amide bonds. The molecule has 0 bridgehead atoms. The van der Waals surface area contributed by atoms with E-state index in [1.165, 1.54) is 0 Å². The predicted molar refractivity (Wildman–Crippen MR) is 106 cm³/mol. The van der Waals surface area contributed by atoms with Crippen molar-refractivity contribution in [3.8, 4) is 11.5 Å². The Labute approximate surface area is 166 Å². The lowest BCUT2D eigenvalue weighted by Crippen LogP contribution is -2.34. The van der Waals surface area contributed by atoms with Crippen molar-refractivity contribution in [2.24, 2.45) is 0 Å². The third-order valence-electron chi connectivity index (χ3n) is 3.95. The van der Waals surface area contributed by atoms with Crippen LogP contribution in [0.1, 0.15) is 11.1 Å². The molecule has 28 heavy (non-hydrogen) atoms. The van der Waals surface area contributed by atoms with Crippen LogP contribution in [0.15, 0.2) is 48.5 Å². The van der Waals surface area contributed by atoms with Gasteiger partial charge in [0.25, 0.3) is 0 Å². The molecule has 0 unspecified atom stereocenters. The number of carbonyl (C=O) groups is 1. The predicted octanol–water partition coefficient (Wildman–Crippen LogP) is 2.25. The zero-order chi connectivity index (χ0) is 20.6. The maximum absolute atomic E-state index is 12.8. The van der Waals surface area contributed by atoms with E-state index in [0.29, 0.717) is 19.7 Å². The Balaban J connectivity index is 2.11. The van der Waals surface area contributed by atoms with E-state index in [-0.39, 0.29) is 18.1 Å². The van der Waals surface area contributed by atoms with Crippen LogP contribution in [-0.4, -0.2) is 52.9 Å². The Bertz CT molecular complexity index is 880. The second-order valence-corrected chi connectivity index (χ2v) is 7.84. The first-order valence-electron chi connectivity index (χ1n) is 8.69. The minimum absolute atomic E-state index is 0.0587. The van der Waals surface area contributed by atoms with Crippen LogP contribution >= 0.6 is 0 Å². The van der Waals surface area contributed by atoms with Crippen molar-refractivity contribution >= 4 is 16.0 Å². The Kier molecular flexibility index (Phi) is 7.83. The first-order chi connectivity index (χ1) is 13.3. The van der Waals surface area contributed by atoms with Gasteiger partial charge in [-0.25, -0.2) is 0 Å². The highest BCUT2D eigenvalue weighted by Crippen LogP contribution is 2.18. The normalized spacial score (nSPS) is 11.1. The molecule has 0 aliphatic rings. The summed E-state index contributed by atoms with van der Waals surface area (Å²) in [4.78, 5) is 14.5. The van der Waals surface area contributed by atoms with Crippen molar-refractivity contribution < 1.29 is 26.9 Å². The van der Waals surface area contributed by atoms with Crippen LogP contribution in [0.3, 0.4) is 0 Å². The monoisotopic (exact) mass is 407 g/mol. The summed E-state index contributed by atoms with van der Waals surface area (Å²) in [6.45, 7) is 1.13. The molecule has 2 aromatic rings. The quantitative estimate of drug-likeness (QED) is 0.562. The molecule has 0 aromatic heterocycles. The second kappa shape index (κ2) is 10.1. The van der Waals surface area contributed by atoms with Gasteiger partial charge >= 0.3 is 10.1 Å². The Morgan fingerprint density at radius 3 is 2.32 bits per heavy atom. The van der Waals surface area contributed by atoms with Crippen molar-refractivity contribution in [3.05, 3.63) is 59.7 Å². The molecule has 0 saturated heterocycles. The number of nitrogens with zero attached hydrogens (tertiary/aromatic N) is 1. The molecule has 0 N–H and O–H groups in total. The fourth-order valence-electron chi connectivity index (χ4n) is 2.61. The van der Waals surface area contributed by atoms with Gasteiger partial charge < -0.3 is 18.6 Å². The zero-order valence-electron chi connectivity index (χ0n) is 16.3. The number of rotatable bonds is 10. The first-order valence-corrected chi connectivity index (χ1v) is 10.5. The molecule has 0 radical (unpaired) electrons. The summed E-state index contributed by atoms with van der Waals surface area (Å²) in [5.74, 6) is 0.890. The van der Waals surface area contributed by atoms with Gasteiger partial charge in [0.2, 0.25) is 5.91 Å². The highest BCUT2D eigenvalue weighted by atomic mass is 32.2. The average Bonchev–Trinajstić information content (AvgIpc) is 2.64. The van der Waals surface area contributed by atoms with Crippen LogP contribution in [0, 0.1) is 0 Å². The molecule has 7 nitrogen and oxygen atoms in total. The number of benzene rings is 2. The molecule has 0 heterocycles. The van der Waals surface area contributed by atoms with E-state index in [2.05, 4.69) is 0 Å². The van der Waals surface area contributed by atoms with Crippen molar-refractivity contribution in [3.63, 3.8) is 0 Å². The molecular formula is C20H25NO6S. The highest BCUT2D eigenvalue weighted by molar-refractivity contribution is 7.86. The molecule has 0 aliphatic carbocycles. The smallest absolute Gasteiger partial charge is 0.306 e. The van der Waals surface area contributed by atoms with Gasteiger partial charge in [-0.3, -0.25) is 4.79 Å². The SMILES string of the molecule is COCCN(Cc1cccc(OS(C)(=O)=O)c1)C(=O)Cc1ccc(OC)cc1. The molecule has 0 aliphatic heterocycles. The molecule has 152 valence electrons. The second-order valence-electron chi connectivity index (χ2n) is 6.27. The fraction of sp³-hybridized carbons (Fsp3) is 0.350. The van der Waals surface area contributed by atoms with Gasteiger partial charge in [0, 0.05) is 20.2 Å². The summed E-state index contributed by atoms with van der Waals surface area (Å²) in [5, 5.41) is 0. The summed E-state index contributed by atoms with van der Waals surface area (Å²) in [6, 6.07) is 14.0. The summed E-state index contributed by atoms with van der Waals surface area (Å²) in [6.07, 6.45) is 1.23. The lowest BCUT2D eigenvalue weighted by atomic mass is 10.1. The van der Waals surface area contributed by atoms with Crippen molar-refractivity contribution in [2.45, 2.75) is 13.0 Å². The summed E-state index contributed by atoms with van der Waals surface area (Å²) in [7, 11) is -0.443. The molecule has 0 fully saturated rings. The average molecular weight is 407 g/mol. The van der Waals surface area contributed by atoms with E-state index in [4.69, 9.17) is 13.7 Å². The summed E-state index contributed by atoms with van der Waals surface area (Å²) < 4.78 is 37.8. The molecule has 8 heteroatoms. The number of ether oxygens (including phenoxy) is 2. The minimum atomic E-state index is -3.61. The van der Waals surface area contributed by atoms with E-state index in [0.717, 1.165) is 23.1 Å². The molecular weight excluding hydrogens is 382 g/mol. The zero-order valence-corrected chi connectivity index (χ0v) is 17.1. The van der Waals surface area contributed by atoms with Crippen molar-refractivity contribution in [2.75, 3.05) is 33.6 Å². The largest absolute Gasteiger partial charge is 0.497 e. The Morgan fingerprint density at radius 2 is 1.71 bits per heavy atom. The molecule has 0 saturated carbocycles. The van der Waals surface area contributed by atoms with E-state index in [1.54, 1.807) is 37.3 Å². The summed E-state index contributed by atoms with van der Waals surface area (Å²) in [5.41, 5.74) is 1.64. The maximum Gasteiger partial charge on any atom is 0.306 e. The number of hydrogen-bond donors (Lipinski definition) is 0. The molecule has 2 aromatic carbocycles. The summed E-state index contributed by atoms with van der Waals surface area (Å²) >= 11 is 0. The molecule has 0 spiro atoms. The Hall–Kier alpha value is -2.58. The van der Waals surface area contributed by atoms with Crippen LogP contribution in [0.2, 0.25) is 0 Å². The molecule has 0 atom stereocenters. The first kappa shape index (κ1) is 21.7. The van der Waals surface area contributed by atoms with Gasteiger partial charge in [-0.2, -0.15) is 8.42 Å². The van der Waals surface area contributed by atoms with Gasteiger partial charge in [-0.05, 0) is 35.4 Å². The molecule has 2 rings (SSSR count).